The van der Waals surface area contributed by atoms with Crippen LogP contribution in [0.4, 0.5) is 0 Å². The zero-order valence-electron chi connectivity index (χ0n) is 7.55. The first-order chi connectivity index (χ1) is 5.31. The molecule has 0 bridgehead atoms. The van der Waals surface area contributed by atoms with Crippen LogP contribution < -0.4 is 0 Å². The summed E-state index contributed by atoms with van der Waals surface area (Å²) >= 11 is 0. The first-order valence-electron chi connectivity index (χ1n) is 4.09. The molecule has 1 N–H and O–H groups in total. The molecule has 3 nitrogen and oxygen atoms in total. The van der Waals surface area contributed by atoms with Gasteiger partial charge in [0.15, 0.2) is 0 Å². The molecule has 68 valence electrons. The van der Waals surface area contributed by atoms with E-state index in [9.17, 15) is 0 Å². The Hall–Kier alpha value is -0.120. The number of rotatable bonds is 7. The summed E-state index contributed by atoms with van der Waals surface area (Å²) in [5.41, 5.74) is 0. The number of unbranched alkanes of at least 4 members (excludes halogenated alkanes) is 1. The molecule has 11 heavy (non-hydrogen) atoms. The van der Waals surface area contributed by atoms with Crippen LogP contribution in [0.25, 0.3) is 0 Å². The molecule has 0 aromatic carbocycles. The van der Waals surface area contributed by atoms with Crippen LogP contribution in [0.5, 0.6) is 0 Å². The zero-order chi connectivity index (χ0) is 8.53. The topological polar surface area (TPSA) is 32.7 Å². The number of aliphatic hydroxyl groups excluding tert-OH is 1. The molecule has 3 heteroatoms. The molecule has 0 atom stereocenters. The van der Waals surface area contributed by atoms with Gasteiger partial charge in [0.25, 0.3) is 0 Å². The van der Waals surface area contributed by atoms with E-state index in [1.165, 1.54) is 0 Å². The molecule has 0 saturated carbocycles. The quantitative estimate of drug-likeness (QED) is 0.546. The van der Waals surface area contributed by atoms with E-state index in [1.54, 1.807) is 7.11 Å². The van der Waals surface area contributed by atoms with Gasteiger partial charge in [-0.05, 0) is 26.4 Å². The first-order valence-corrected chi connectivity index (χ1v) is 4.09. The third kappa shape index (κ3) is 7.78. The minimum absolute atomic E-state index is 0.304. The molecule has 0 aliphatic rings. The third-order valence-corrected chi connectivity index (χ3v) is 1.63. The molecule has 0 fully saturated rings. The normalized spacial score (nSPS) is 10.9. The number of methoxy groups -OCH3 is 1. The fraction of sp³-hybridized carbons (Fsp3) is 1.00. The van der Waals surface area contributed by atoms with Gasteiger partial charge in [-0.25, -0.2) is 0 Å². The Kier molecular flexibility index (Phi) is 7.89. The lowest BCUT2D eigenvalue weighted by Crippen LogP contribution is -2.24. The van der Waals surface area contributed by atoms with E-state index in [2.05, 4.69) is 11.9 Å². The standard InChI is InChI=1S/C8H19NO2/c1-9(6-8-11-2)5-3-4-7-10/h10H,3-8H2,1-2H3. The van der Waals surface area contributed by atoms with E-state index in [-0.39, 0.29) is 0 Å². The van der Waals surface area contributed by atoms with Crippen molar-refractivity contribution in [2.24, 2.45) is 0 Å². The van der Waals surface area contributed by atoms with Crippen LogP contribution in [0.3, 0.4) is 0 Å². The van der Waals surface area contributed by atoms with Gasteiger partial charge in [-0.1, -0.05) is 0 Å². The van der Waals surface area contributed by atoms with E-state index in [4.69, 9.17) is 9.84 Å². The van der Waals surface area contributed by atoms with Crippen LogP contribution >= 0.6 is 0 Å². The Morgan fingerprint density at radius 1 is 1.27 bits per heavy atom. The van der Waals surface area contributed by atoms with E-state index in [1.807, 2.05) is 0 Å². The molecule has 0 saturated heterocycles. The summed E-state index contributed by atoms with van der Waals surface area (Å²) < 4.78 is 4.93. The highest BCUT2D eigenvalue weighted by Gasteiger charge is 1.95. The summed E-state index contributed by atoms with van der Waals surface area (Å²) in [7, 11) is 3.78. The number of nitrogens with zero attached hydrogens (tertiary/aromatic N) is 1. The van der Waals surface area contributed by atoms with Gasteiger partial charge in [-0.3, -0.25) is 0 Å². The summed E-state index contributed by atoms with van der Waals surface area (Å²) in [4.78, 5) is 2.21. The molecule has 0 aromatic heterocycles. The number of hydrogen-bond acceptors (Lipinski definition) is 3. The van der Waals surface area contributed by atoms with Crippen LogP contribution in [0.15, 0.2) is 0 Å². The molecule has 0 spiro atoms. The van der Waals surface area contributed by atoms with Gasteiger partial charge >= 0.3 is 0 Å². The molecule has 0 rings (SSSR count). The predicted octanol–water partition coefficient (Wildman–Crippen LogP) is 0.337. The lowest BCUT2D eigenvalue weighted by atomic mass is 10.3. The molecule has 0 unspecified atom stereocenters. The second kappa shape index (κ2) is 7.98. The highest BCUT2D eigenvalue weighted by atomic mass is 16.5. The van der Waals surface area contributed by atoms with Crippen LogP contribution in [0.1, 0.15) is 12.8 Å². The fourth-order valence-electron chi connectivity index (χ4n) is 0.852. The van der Waals surface area contributed by atoms with Crippen molar-refractivity contribution in [1.82, 2.24) is 4.90 Å². The van der Waals surface area contributed by atoms with E-state index >= 15 is 0 Å². The summed E-state index contributed by atoms with van der Waals surface area (Å²) in [6, 6.07) is 0. The number of ether oxygens (including phenoxy) is 1. The Balaban J connectivity index is 3.02. The average Bonchev–Trinajstić information content (AvgIpc) is 2.01. The molecule has 0 aromatic rings. The Morgan fingerprint density at radius 2 is 2.00 bits per heavy atom. The lowest BCUT2D eigenvalue weighted by molar-refractivity contribution is 0.159. The first kappa shape index (κ1) is 10.9. The summed E-state index contributed by atoms with van der Waals surface area (Å²) in [6.45, 7) is 3.11. The molecule has 0 amide bonds. The Bertz CT molecular complexity index is 78.5. The Labute approximate surface area is 69.0 Å². The highest BCUT2D eigenvalue weighted by molar-refractivity contribution is 4.50. The van der Waals surface area contributed by atoms with Crippen LogP contribution in [-0.2, 0) is 4.74 Å². The highest BCUT2D eigenvalue weighted by Crippen LogP contribution is 1.90. The van der Waals surface area contributed by atoms with Gasteiger partial charge in [0.05, 0.1) is 6.61 Å². The second-order valence-corrected chi connectivity index (χ2v) is 2.73. The van der Waals surface area contributed by atoms with Crippen molar-refractivity contribution >= 4 is 0 Å². The second-order valence-electron chi connectivity index (χ2n) is 2.73. The largest absolute Gasteiger partial charge is 0.396 e. The van der Waals surface area contributed by atoms with Gasteiger partial charge < -0.3 is 14.7 Å². The minimum Gasteiger partial charge on any atom is -0.396 e. The van der Waals surface area contributed by atoms with Crippen LogP contribution in [0, 0.1) is 0 Å². The summed E-state index contributed by atoms with van der Waals surface area (Å²) in [6.07, 6.45) is 1.97. The van der Waals surface area contributed by atoms with Crippen molar-refractivity contribution in [3.63, 3.8) is 0 Å². The third-order valence-electron chi connectivity index (χ3n) is 1.63. The average molecular weight is 161 g/mol. The molecule has 0 radical (unpaired) electrons. The van der Waals surface area contributed by atoms with Gasteiger partial charge in [0.2, 0.25) is 0 Å². The molecule has 0 aliphatic carbocycles. The Morgan fingerprint density at radius 3 is 2.55 bits per heavy atom. The molecule has 0 heterocycles. The fourth-order valence-corrected chi connectivity index (χ4v) is 0.852. The van der Waals surface area contributed by atoms with Crippen molar-refractivity contribution in [2.45, 2.75) is 12.8 Å². The summed E-state index contributed by atoms with van der Waals surface area (Å²) in [5, 5.41) is 8.51. The minimum atomic E-state index is 0.304. The molecule has 0 aliphatic heterocycles. The van der Waals surface area contributed by atoms with Gasteiger partial charge in [-0.15, -0.1) is 0 Å². The van der Waals surface area contributed by atoms with Gasteiger partial charge in [-0.2, -0.15) is 0 Å². The SMILES string of the molecule is COCCN(C)CCCCO. The smallest absolute Gasteiger partial charge is 0.0589 e. The van der Waals surface area contributed by atoms with E-state index in [0.29, 0.717) is 6.61 Å². The lowest BCUT2D eigenvalue weighted by Gasteiger charge is -2.14. The van der Waals surface area contributed by atoms with Gasteiger partial charge in [0, 0.05) is 20.3 Å². The van der Waals surface area contributed by atoms with Crippen molar-refractivity contribution in [3.8, 4) is 0 Å². The van der Waals surface area contributed by atoms with E-state index in [0.717, 1.165) is 32.5 Å². The van der Waals surface area contributed by atoms with Crippen molar-refractivity contribution in [1.29, 1.82) is 0 Å². The number of hydrogen-bond donors (Lipinski definition) is 1. The maximum Gasteiger partial charge on any atom is 0.0589 e. The number of likely N-dealkylation sites (N-methyl/N-ethyl adjacent to an activating group) is 1. The maximum absolute atomic E-state index is 8.51. The maximum atomic E-state index is 8.51. The van der Waals surface area contributed by atoms with Crippen molar-refractivity contribution in [3.05, 3.63) is 0 Å². The summed E-state index contributed by atoms with van der Waals surface area (Å²) in [5.74, 6) is 0. The van der Waals surface area contributed by atoms with E-state index < -0.39 is 0 Å². The predicted molar refractivity (Wildman–Crippen MR) is 45.7 cm³/mol. The monoisotopic (exact) mass is 161 g/mol. The van der Waals surface area contributed by atoms with Crippen LogP contribution in [0.2, 0.25) is 0 Å². The number of aliphatic hydroxyl groups is 1. The zero-order valence-corrected chi connectivity index (χ0v) is 7.55. The van der Waals surface area contributed by atoms with Crippen molar-refractivity contribution in [2.75, 3.05) is 40.5 Å². The molecular weight excluding hydrogens is 142 g/mol. The van der Waals surface area contributed by atoms with Crippen molar-refractivity contribution < 1.29 is 9.84 Å². The van der Waals surface area contributed by atoms with Gasteiger partial charge in [0.1, 0.15) is 0 Å². The molecular formula is C8H19NO2. The van der Waals surface area contributed by atoms with Crippen LogP contribution in [-0.4, -0.2) is 50.5 Å².